The molecule has 4 nitrogen and oxygen atoms in total. The molecule has 1 N–H and O–H groups in total. The second-order valence-electron chi connectivity index (χ2n) is 6.18. The molecule has 0 bridgehead atoms. The van der Waals surface area contributed by atoms with Gasteiger partial charge in [-0.3, -0.25) is 10.1 Å². The maximum atomic E-state index is 13.0. The molecule has 1 heterocycles. The number of hydrogen-bond acceptors (Lipinski definition) is 2. The molecule has 1 saturated heterocycles. The Labute approximate surface area is 157 Å². The first-order valence-electron chi connectivity index (χ1n) is 8.43. The normalized spacial score (nSPS) is 16.6. The fourth-order valence-corrected chi connectivity index (χ4v) is 3.48. The molecular formula is C20H18FN3OS. The van der Waals surface area contributed by atoms with Crippen molar-refractivity contribution >= 4 is 28.9 Å². The van der Waals surface area contributed by atoms with E-state index in [0.29, 0.717) is 16.4 Å². The monoisotopic (exact) mass is 367 g/mol. The van der Waals surface area contributed by atoms with Crippen LogP contribution in [-0.2, 0) is 0 Å². The zero-order valence-corrected chi connectivity index (χ0v) is 14.9. The highest BCUT2D eigenvalue weighted by molar-refractivity contribution is 7.80. The summed E-state index contributed by atoms with van der Waals surface area (Å²) in [6, 6.07) is 12.9. The molecule has 0 radical (unpaired) electrons. The largest absolute Gasteiger partial charge is 0.342 e. The van der Waals surface area contributed by atoms with Crippen LogP contribution in [0.2, 0.25) is 0 Å². The van der Waals surface area contributed by atoms with Gasteiger partial charge in [-0.1, -0.05) is 24.3 Å². The smallest absolute Gasteiger partial charge is 0.257 e. The van der Waals surface area contributed by atoms with Gasteiger partial charge in [0.05, 0.1) is 12.6 Å². The summed E-state index contributed by atoms with van der Waals surface area (Å²) in [5, 5.41) is 3.11. The number of piperidine rings is 1. The van der Waals surface area contributed by atoms with Crippen LogP contribution in [0.5, 0.6) is 0 Å². The van der Waals surface area contributed by atoms with Crippen LogP contribution < -0.4 is 5.32 Å². The standard InChI is InChI=1S/C20H18FN3OS/c1-22-17-6-4-5-15(13-17)18-7-2-3-12-24(18)20(26)23-19(25)14-8-10-16(21)11-9-14/h4-6,8-11,13,18H,2-3,7,12H2,(H,23,25,26). The van der Waals surface area contributed by atoms with E-state index >= 15 is 0 Å². The molecule has 26 heavy (non-hydrogen) atoms. The third-order valence-electron chi connectivity index (χ3n) is 4.47. The zero-order chi connectivity index (χ0) is 18.5. The van der Waals surface area contributed by atoms with Gasteiger partial charge in [0.1, 0.15) is 5.82 Å². The SMILES string of the molecule is [C-]#[N+]c1cccc(C2CCCCN2C(=S)NC(=O)c2ccc(F)cc2)c1. The van der Waals surface area contributed by atoms with Gasteiger partial charge in [-0.2, -0.15) is 0 Å². The number of nitrogens with one attached hydrogen (secondary N) is 1. The summed E-state index contributed by atoms with van der Waals surface area (Å²) in [5.74, 6) is -0.742. The molecule has 2 aromatic rings. The Morgan fingerprint density at radius 1 is 1.23 bits per heavy atom. The molecule has 0 spiro atoms. The van der Waals surface area contributed by atoms with Gasteiger partial charge in [-0.05, 0) is 61.3 Å². The lowest BCUT2D eigenvalue weighted by Gasteiger charge is -2.38. The Morgan fingerprint density at radius 2 is 2.00 bits per heavy atom. The Kier molecular flexibility index (Phi) is 5.59. The van der Waals surface area contributed by atoms with Crippen molar-refractivity contribution < 1.29 is 9.18 Å². The highest BCUT2D eigenvalue weighted by atomic mass is 32.1. The first kappa shape index (κ1) is 18.0. The Bertz CT molecular complexity index is 860. The lowest BCUT2D eigenvalue weighted by Crippen LogP contribution is -2.46. The van der Waals surface area contributed by atoms with Crippen LogP contribution in [0.15, 0.2) is 48.5 Å². The fourth-order valence-electron chi connectivity index (χ4n) is 3.17. The van der Waals surface area contributed by atoms with Crippen molar-refractivity contribution in [3.05, 3.63) is 76.9 Å². The molecule has 1 aliphatic rings. The molecule has 0 saturated carbocycles. The van der Waals surface area contributed by atoms with Crippen LogP contribution >= 0.6 is 12.2 Å². The van der Waals surface area contributed by atoms with E-state index in [1.165, 1.54) is 24.3 Å². The number of carbonyl (C=O) groups is 1. The lowest BCUT2D eigenvalue weighted by molar-refractivity contribution is 0.0969. The van der Waals surface area contributed by atoms with E-state index in [2.05, 4.69) is 10.2 Å². The van der Waals surface area contributed by atoms with Crippen molar-refractivity contribution in [2.75, 3.05) is 6.54 Å². The van der Waals surface area contributed by atoms with Crippen molar-refractivity contribution in [2.45, 2.75) is 25.3 Å². The van der Waals surface area contributed by atoms with Crippen molar-refractivity contribution in [2.24, 2.45) is 0 Å². The maximum Gasteiger partial charge on any atom is 0.257 e. The first-order valence-corrected chi connectivity index (χ1v) is 8.84. The summed E-state index contributed by atoms with van der Waals surface area (Å²) >= 11 is 5.47. The van der Waals surface area contributed by atoms with Crippen molar-refractivity contribution in [3.8, 4) is 0 Å². The summed E-state index contributed by atoms with van der Waals surface area (Å²) in [7, 11) is 0. The Balaban J connectivity index is 1.76. The van der Waals surface area contributed by atoms with E-state index in [1.807, 2.05) is 23.1 Å². The first-order chi connectivity index (χ1) is 12.6. The minimum absolute atomic E-state index is 0.0338. The third kappa shape index (κ3) is 4.06. The number of likely N-dealkylation sites (tertiary alicyclic amines) is 1. The molecule has 6 heteroatoms. The van der Waals surface area contributed by atoms with Crippen molar-refractivity contribution in [1.29, 1.82) is 0 Å². The van der Waals surface area contributed by atoms with Gasteiger partial charge >= 0.3 is 0 Å². The second kappa shape index (κ2) is 8.07. The van der Waals surface area contributed by atoms with Gasteiger partial charge in [0.15, 0.2) is 10.8 Å². The predicted molar refractivity (Wildman–Crippen MR) is 102 cm³/mol. The number of rotatable bonds is 2. The van der Waals surface area contributed by atoms with Gasteiger partial charge in [-0.15, -0.1) is 0 Å². The van der Waals surface area contributed by atoms with Gasteiger partial charge in [0.2, 0.25) is 0 Å². The molecule has 0 aliphatic carbocycles. The number of halogens is 1. The summed E-state index contributed by atoms with van der Waals surface area (Å²) in [5.41, 5.74) is 1.98. The fraction of sp³-hybridized carbons (Fsp3) is 0.250. The van der Waals surface area contributed by atoms with Crippen molar-refractivity contribution in [1.82, 2.24) is 10.2 Å². The molecule has 2 aromatic carbocycles. The predicted octanol–water partition coefficient (Wildman–Crippen LogP) is 4.62. The number of hydrogen-bond donors (Lipinski definition) is 1. The van der Waals surface area contributed by atoms with Gasteiger partial charge in [0.25, 0.3) is 5.91 Å². The molecule has 1 fully saturated rings. The average molecular weight is 367 g/mol. The minimum Gasteiger partial charge on any atom is -0.342 e. The van der Waals surface area contributed by atoms with Crippen LogP contribution in [0, 0.1) is 12.4 Å². The molecular weight excluding hydrogens is 349 g/mol. The van der Waals surface area contributed by atoms with Crippen LogP contribution in [-0.4, -0.2) is 22.5 Å². The van der Waals surface area contributed by atoms with E-state index in [1.54, 1.807) is 6.07 Å². The molecule has 1 aliphatic heterocycles. The van der Waals surface area contributed by atoms with E-state index in [-0.39, 0.29) is 17.8 Å². The topological polar surface area (TPSA) is 36.7 Å². The Morgan fingerprint density at radius 3 is 2.73 bits per heavy atom. The molecule has 1 atom stereocenters. The maximum absolute atomic E-state index is 13.0. The van der Waals surface area contributed by atoms with Gasteiger partial charge in [0, 0.05) is 12.1 Å². The number of benzene rings is 2. The number of thiocarbonyl (C=S) groups is 1. The minimum atomic E-state index is -0.389. The number of nitrogens with zero attached hydrogens (tertiary/aromatic N) is 2. The molecule has 132 valence electrons. The summed E-state index contributed by atoms with van der Waals surface area (Å²) in [6.45, 7) is 7.94. The summed E-state index contributed by atoms with van der Waals surface area (Å²) in [6.07, 6.45) is 2.97. The quantitative estimate of drug-likeness (QED) is 0.622. The van der Waals surface area contributed by atoms with Gasteiger partial charge < -0.3 is 4.90 Å². The summed E-state index contributed by atoms with van der Waals surface area (Å²) in [4.78, 5) is 17.9. The highest BCUT2D eigenvalue weighted by Crippen LogP contribution is 2.32. The van der Waals surface area contributed by atoms with Crippen LogP contribution in [0.4, 0.5) is 10.1 Å². The van der Waals surface area contributed by atoms with Crippen LogP contribution in [0.25, 0.3) is 4.85 Å². The van der Waals surface area contributed by atoms with Crippen molar-refractivity contribution in [3.63, 3.8) is 0 Å². The number of amides is 1. The average Bonchev–Trinajstić information content (AvgIpc) is 2.68. The molecule has 1 unspecified atom stereocenters. The second-order valence-corrected chi connectivity index (χ2v) is 6.56. The van der Waals surface area contributed by atoms with E-state index in [9.17, 15) is 9.18 Å². The van der Waals surface area contributed by atoms with Crippen LogP contribution in [0.1, 0.15) is 41.2 Å². The zero-order valence-electron chi connectivity index (χ0n) is 14.1. The lowest BCUT2D eigenvalue weighted by atomic mass is 9.95. The molecule has 3 rings (SSSR count). The third-order valence-corrected chi connectivity index (χ3v) is 4.81. The summed E-state index contributed by atoms with van der Waals surface area (Å²) < 4.78 is 13.0. The van der Waals surface area contributed by atoms with E-state index < -0.39 is 0 Å². The highest BCUT2D eigenvalue weighted by Gasteiger charge is 2.27. The van der Waals surface area contributed by atoms with Crippen LogP contribution in [0.3, 0.4) is 0 Å². The number of carbonyl (C=O) groups excluding carboxylic acids is 1. The van der Waals surface area contributed by atoms with Gasteiger partial charge in [-0.25, -0.2) is 9.24 Å². The van der Waals surface area contributed by atoms with E-state index in [0.717, 1.165) is 31.4 Å². The molecule has 1 amide bonds. The molecule has 0 aromatic heterocycles. The Hall–Kier alpha value is -2.78. The van der Waals surface area contributed by atoms with E-state index in [4.69, 9.17) is 18.8 Å².